The fourth-order valence-corrected chi connectivity index (χ4v) is 8.09. The number of carbonyl (C=O) groups is 1. The first kappa shape index (κ1) is 21.3. The SMILES string of the molecule is C[C@]12CC[C@H](O)C[C@H]1CC[C@@H]1[C@@H]2CC[C@]2(C)[C@@](O)(/C=N/NC3=NCC(=O)N3)CC[C@]12O. The van der Waals surface area contributed by atoms with Gasteiger partial charge in [0.05, 0.1) is 17.9 Å². The van der Waals surface area contributed by atoms with Crippen molar-refractivity contribution in [1.29, 1.82) is 0 Å². The summed E-state index contributed by atoms with van der Waals surface area (Å²) < 4.78 is 0. The third kappa shape index (κ3) is 2.94. The van der Waals surface area contributed by atoms with Crippen LogP contribution >= 0.6 is 0 Å². The molecule has 5 aliphatic rings. The highest BCUT2D eigenvalue weighted by molar-refractivity contribution is 6.02. The Morgan fingerprint density at radius 1 is 1.10 bits per heavy atom. The molecule has 0 aromatic rings. The van der Waals surface area contributed by atoms with Crippen LogP contribution in [0.5, 0.6) is 0 Å². The summed E-state index contributed by atoms with van der Waals surface area (Å²) in [5, 5.41) is 40.8. The summed E-state index contributed by atoms with van der Waals surface area (Å²) in [5.74, 6) is 1.22. The molecule has 5 rings (SSSR count). The summed E-state index contributed by atoms with van der Waals surface area (Å²) in [6.45, 7) is 4.49. The van der Waals surface area contributed by atoms with E-state index in [9.17, 15) is 20.1 Å². The second-order valence-electron chi connectivity index (χ2n) is 11.2. The molecule has 0 aromatic heterocycles. The third-order valence-electron chi connectivity index (χ3n) is 10.1. The maximum absolute atomic E-state index is 12.1. The zero-order valence-corrected chi connectivity index (χ0v) is 18.6. The van der Waals surface area contributed by atoms with Crippen LogP contribution in [0.25, 0.3) is 0 Å². The van der Waals surface area contributed by atoms with Gasteiger partial charge in [0, 0.05) is 5.41 Å². The van der Waals surface area contributed by atoms with Crippen molar-refractivity contribution in [3.63, 3.8) is 0 Å². The lowest BCUT2D eigenvalue weighted by Crippen LogP contribution is -2.65. The molecule has 0 radical (unpaired) electrons. The lowest BCUT2D eigenvalue weighted by molar-refractivity contribution is -0.223. The third-order valence-corrected chi connectivity index (χ3v) is 10.1. The highest BCUT2D eigenvalue weighted by Crippen LogP contribution is 2.69. The van der Waals surface area contributed by atoms with Crippen LogP contribution in [-0.4, -0.2) is 57.3 Å². The molecule has 0 aromatic carbocycles. The molecule has 0 unspecified atom stereocenters. The van der Waals surface area contributed by atoms with Crippen LogP contribution in [0.4, 0.5) is 0 Å². The molecule has 1 heterocycles. The summed E-state index contributed by atoms with van der Waals surface area (Å²) in [7, 11) is 0. The summed E-state index contributed by atoms with van der Waals surface area (Å²) in [6, 6.07) is 0. The number of hydrogen-bond acceptors (Lipinski definition) is 7. The summed E-state index contributed by atoms with van der Waals surface area (Å²) in [5.41, 5.74) is 0.0506. The number of aliphatic hydroxyl groups is 3. The van der Waals surface area contributed by atoms with Crippen LogP contribution in [0.1, 0.15) is 71.6 Å². The molecule has 8 heteroatoms. The van der Waals surface area contributed by atoms with Crippen molar-refractivity contribution in [3.8, 4) is 0 Å². The number of nitrogens with one attached hydrogen (secondary N) is 2. The normalized spacial score (nSPS) is 51.6. The van der Waals surface area contributed by atoms with Gasteiger partial charge in [0.1, 0.15) is 12.1 Å². The molecule has 4 saturated carbocycles. The van der Waals surface area contributed by atoms with Crippen molar-refractivity contribution in [3.05, 3.63) is 0 Å². The second kappa shape index (κ2) is 6.99. The fraction of sp³-hybridized carbons (Fsp3) is 0.870. The van der Waals surface area contributed by atoms with E-state index in [-0.39, 0.29) is 35.8 Å². The Morgan fingerprint density at radius 2 is 1.90 bits per heavy atom. The number of aliphatic imine (C=N–C) groups is 1. The molecular formula is C23H36N4O4. The minimum Gasteiger partial charge on any atom is -0.393 e. The molecule has 5 N–H and O–H groups in total. The number of hydrazone groups is 1. The van der Waals surface area contributed by atoms with Gasteiger partial charge in [-0.2, -0.15) is 5.10 Å². The van der Waals surface area contributed by atoms with Crippen LogP contribution in [0, 0.1) is 28.6 Å². The summed E-state index contributed by atoms with van der Waals surface area (Å²) >= 11 is 0. The Kier molecular flexibility index (Phi) is 4.81. The standard InChI is InChI=1S/C23H36N4O4/c1-20-7-5-15(28)11-14(20)3-4-17-16(20)6-8-21(2)22(30,9-10-23(17,21)31)13-25-27-19-24-12-18(29)26-19/h13-17,28,30-31H,3-12H2,1-2H3,(H2,24,26,27,29)/b25-13+/t14-,15+,16+,17-,20+,21-,22+,23+/m1/s1. The van der Waals surface area contributed by atoms with Gasteiger partial charge in [0.25, 0.3) is 0 Å². The summed E-state index contributed by atoms with van der Waals surface area (Å²) in [4.78, 5) is 15.3. The van der Waals surface area contributed by atoms with Gasteiger partial charge in [-0.1, -0.05) is 13.8 Å². The van der Waals surface area contributed by atoms with Gasteiger partial charge in [-0.15, -0.1) is 0 Å². The van der Waals surface area contributed by atoms with Crippen LogP contribution in [0.15, 0.2) is 10.1 Å². The lowest BCUT2D eigenvalue weighted by Gasteiger charge is -2.64. The number of amides is 1. The maximum Gasteiger partial charge on any atom is 0.248 e. The first-order valence-corrected chi connectivity index (χ1v) is 11.9. The average molecular weight is 433 g/mol. The Morgan fingerprint density at radius 3 is 2.65 bits per heavy atom. The number of aliphatic hydroxyl groups excluding tert-OH is 1. The Balaban J connectivity index is 1.38. The summed E-state index contributed by atoms with van der Waals surface area (Å²) in [6.07, 6.45) is 8.86. The minimum atomic E-state index is -1.22. The van der Waals surface area contributed by atoms with E-state index in [1.54, 1.807) is 0 Å². The second-order valence-corrected chi connectivity index (χ2v) is 11.2. The lowest BCUT2D eigenvalue weighted by atomic mass is 9.43. The van der Waals surface area contributed by atoms with E-state index in [0.29, 0.717) is 24.7 Å². The highest BCUT2D eigenvalue weighted by atomic mass is 16.3. The van der Waals surface area contributed by atoms with Crippen molar-refractivity contribution in [1.82, 2.24) is 10.7 Å². The molecule has 0 saturated heterocycles. The van der Waals surface area contributed by atoms with Gasteiger partial charge < -0.3 is 15.3 Å². The van der Waals surface area contributed by atoms with Gasteiger partial charge in [-0.05, 0) is 81.0 Å². The van der Waals surface area contributed by atoms with Gasteiger partial charge >= 0.3 is 0 Å². The van der Waals surface area contributed by atoms with Gasteiger partial charge in [-0.3, -0.25) is 10.1 Å². The van der Waals surface area contributed by atoms with Gasteiger partial charge in [-0.25, -0.2) is 10.4 Å². The molecule has 1 amide bonds. The number of guanidine groups is 1. The molecule has 8 atom stereocenters. The molecular weight excluding hydrogens is 396 g/mol. The predicted octanol–water partition coefficient (Wildman–Crippen LogP) is 1.30. The monoisotopic (exact) mass is 432 g/mol. The molecule has 1 aliphatic heterocycles. The fourth-order valence-electron chi connectivity index (χ4n) is 8.09. The zero-order chi connectivity index (χ0) is 22.1. The van der Waals surface area contributed by atoms with E-state index in [1.165, 1.54) is 6.21 Å². The van der Waals surface area contributed by atoms with E-state index in [4.69, 9.17) is 0 Å². The van der Waals surface area contributed by atoms with Gasteiger partial charge in [0.15, 0.2) is 0 Å². The Labute approximate surface area is 183 Å². The molecule has 4 aliphatic carbocycles. The number of carbonyl (C=O) groups excluding carboxylic acids is 1. The topological polar surface area (TPSA) is 127 Å². The van der Waals surface area contributed by atoms with E-state index in [0.717, 1.165) is 44.9 Å². The van der Waals surface area contributed by atoms with Crippen LogP contribution in [0.3, 0.4) is 0 Å². The van der Waals surface area contributed by atoms with Crippen molar-refractivity contribution < 1.29 is 20.1 Å². The molecule has 31 heavy (non-hydrogen) atoms. The number of hydrogen-bond donors (Lipinski definition) is 5. The van der Waals surface area contributed by atoms with Gasteiger partial charge in [0.2, 0.25) is 11.9 Å². The van der Waals surface area contributed by atoms with Crippen molar-refractivity contribution in [2.75, 3.05) is 6.54 Å². The van der Waals surface area contributed by atoms with Crippen molar-refractivity contribution in [2.24, 2.45) is 38.7 Å². The smallest absolute Gasteiger partial charge is 0.248 e. The molecule has 8 nitrogen and oxygen atoms in total. The van der Waals surface area contributed by atoms with E-state index in [1.807, 2.05) is 6.92 Å². The quantitative estimate of drug-likeness (QED) is 0.332. The average Bonchev–Trinajstić information content (AvgIpc) is 3.23. The first-order valence-electron chi connectivity index (χ1n) is 11.9. The number of fused-ring (bicyclic) bond motifs is 5. The molecule has 172 valence electrons. The highest BCUT2D eigenvalue weighted by Gasteiger charge is 2.71. The van der Waals surface area contributed by atoms with E-state index >= 15 is 0 Å². The van der Waals surface area contributed by atoms with Crippen molar-refractivity contribution in [2.45, 2.75) is 88.9 Å². The molecule has 0 bridgehead atoms. The van der Waals surface area contributed by atoms with E-state index in [2.05, 4.69) is 27.8 Å². The maximum atomic E-state index is 12.1. The van der Waals surface area contributed by atoms with Crippen LogP contribution < -0.4 is 10.7 Å². The molecule has 4 fully saturated rings. The van der Waals surface area contributed by atoms with Crippen LogP contribution in [0.2, 0.25) is 0 Å². The first-order chi connectivity index (χ1) is 14.6. The van der Waals surface area contributed by atoms with E-state index < -0.39 is 16.6 Å². The molecule has 0 spiro atoms. The Bertz CT molecular complexity index is 832. The number of nitrogens with zero attached hydrogens (tertiary/aromatic N) is 2. The van der Waals surface area contributed by atoms with Crippen molar-refractivity contribution >= 4 is 18.1 Å². The van der Waals surface area contributed by atoms with Crippen LogP contribution in [-0.2, 0) is 4.79 Å². The number of rotatable bonds is 2. The predicted molar refractivity (Wildman–Crippen MR) is 116 cm³/mol. The largest absolute Gasteiger partial charge is 0.393 e. The Hall–Kier alpha value is -1.51. The minimum absolute atomic E-state index is 0.0828. The zero-order valence-electron chi connectivity index (χ0n) is 18.6.